The number of nitrogens with one attached hydrogen (secondary N) is 1. The van der Waals surface area contributed by atoms with Gasteiger partial charge in [-0.1, -0.05) is 6.07 Å². The topological polar surface area (TPSA) is 92.7 Å². The van der Waals surface area contributed by atoms with Crippen molar-refractivity contribution in [1.29, 1.82) is 0 Å². The number of fused-ring (bicyclic) bond motifs is 1. The molecule has 0 spiro atoms. The van der Waals surface area contributed by atoms with E-state index in [4.69, 9.17) is 5.73 Å². The summed E-state index contributed by atoms with van der Waals surface area (Å²) < 4.78 is 1.91. The van der Waals surface area contributed by atoms with Gasteiger partial charge in [-0.05, 0) is 37.9 Å². The number of hydrogen-bond acceptors (Lipinski definition) is 4. The third kappa shape index (κ3) is 3.19. The second kappa shape index (κ2) is 6.37. The number of nitrogens with two attached hydrogens (primary N) is 1. The van der Waals surface area contributed by atoms with Crippen LogP contribution in [-0.4, -0.2) is 44.7 Å². The van der Waals surface area contributed by atoms with E-state index >= 15 is 0 Å². The molecule has 1 aliphatic rings. The highest BCUT2D eigenvalue weighted by atomic mass is 16.2. The predicted octanol–water partition coefficient (Wildman–Crippen LogP) is 0.289. The monoisotopic (exact) mass is 315 g/mol. The molecule has 122 valence electrons. The van der Waals surface area contributed by atoms with E-state index in [9.17, 15) is 9.59 Å². The Bertz CT molecular complexity index is 726. The molecule has 7 nitrogen and oxygen atoms in total. The first-order valence-electron chi connectivity index (χ1n) is 7.80. The number of hydrogen-bond donors (Lipinski definition) is 2. The Labute approximate surface area is 134 Å². The minimum Gasteiger partial charge on any atom is -0.368 e. The largest absolute Gasteiger partial charge is 0.368 e. The molecule has 1 fully saturated rings. The van der Waals surface area contributed by atoms with E-state index in [-0.39, 0.29) is 23.9 Å². The Hall–Kier alpha value is -2.41. The molecular weight excluding hydrogens is 294 g/mol. The minimum atomic E-state index is -0.369. The van der Waals surface area contributed by atoms with Gasteiger partial charge in [0.15, 0.2) is 0 Å². The van der Waals surface area contributed by atoms with Crippen LogP contribution in [0.4, 0.5) is 0 Å². The Morgan fingerprint density at radius 2 is 2.30 bits per heavy atom. The number of imidazole rings is 1. The van der Waals surface area contributed by atoms with Gasteiger partial charge in [-0.3, -0.25) is 14.5 Å². The predicted molar refractivity (Wildman–Crippen MR) is 85.4 cm³/mol. The fourth-order valence-corrected chi connectivity index (χ4v) is 3.12. The Morgan fingerprint density at radius 3 is 3.09 bits per heavy atom. The quantitative estimate of drug-likeness (QED) is 0.829. The molecular formula is C16H21N5O2. The first-order valence-corrected chi connectivity index (χ1v) is 7.80. The summed E-state index contributed by atoms with van der Waals surface area (Å²) in [5, 5.41) is 2.93. The molecule has 2 amide bonds. The van der Waals surface area contributed by atoms with E-state index in [1.165, 1.54) is 0 Å². The van der Waals surface area contributed by atoms with E-state index in [1.807, 2.05) is 40.8 Å². The average molecular weight is 315 g/mol. The summed E-state index contributed by atoms with van der Waals surface area (Å²) in [6, 6.07) is 3.15. The number of amides is 2. The van der Waals surface area contributed by atoms with E-state index in [1.54, 1.807) is 6.20 Å². The van der Waals surface area contributed by atoms with Gasteiger partial charge in [0.2, 0.25) is 11.8 Å². The maximum absolute atomic E-state index is 12.4. The van der Waals surface area contributed by atoms with Crippen LogP contribution in [0.2, 0.25) is 0 Å². The molecule has 0 aromatic carbocycles. The number of likely N-dealkylation sites (tertiary alicyclic amines) is 1. The zero-order valence-corrected chi connectivity index (χ0v) is 13.1. The van der Waals surface area contributed by atoms with Crippen molar-refractivity contribution in [3.8, 4) is 0 Å². The Kier molecular flexibility index (Phi) is 4.29. The Balaban J connectivity index is 1.61. The first kappa shape index (κ1) is 15.5. The molecule has 23 heavy (non-hydrogen) atoms. The maximum atomic E-state index is 12.4. The summed E-state index contributed by atoms with van der Waals surface area (Å²) >= 11 is 0. The van der Waals surface area contributed by atoms with E-state index in [0.29, 0.717) is 6.54 Å². The summed E-state index contributed by atoms with van der Waals surface area (Å²) in [6.45, 7) is 2.98. The summed E-state index contributed by atoms with van der Waals surface area (Å²) in [6.07, 6.45) is 7.16. The van der Waals surface area contributed by atoms with Crippen LogP contribution in [0.25, 0.3) is 5.65 Å². The molecule has 2 aromatic rings. The number of rotatable bonds is 5. The minimum absolute atomic E-state index is 0.0936. The number of pyridine rings is 1. The molecule has 7 heteroatoms. The van der Waals surface area contributed by atoms with Crippen molar-refractivity contribution >= 4 is 17.5 Å². The van der Waals surface area contributed by atoms with Gasteiger partial charge in [-0.2, -0.15) is 0 Å². The van der Waals surface area contributed by atoms with Crippen LogP contribution in [0.1, 0.15) is 25.3 Å². The van der Waals surface area contributed by atoms with Crippen molar-refractivity contribution in [3.05, 3.63) is 36.3 Å². The second-order valence-electron chi connectivity index (χ2n) is 5.92. The van der Waals surface area contributed by atoms with Crippen molar-refractivity contribution in [1.82, 2.24) is 19.6 Å². The van der Waals surface area contributed by atoms with Crippen molar-refractivity contribution in [2.24, 2.45) is 5.73 Å². The zero-order valence-electron chi connectivity index (χ0n) is 13.1. The van der Waals surface area contributed by atoms with Crippen molar-refractivity contribution in [2.45, 2.75) is 38.4 Å². The molecule has 3 rings (SSSR count). The van der Waals surface area contributed by atoms with Gasteiger partial charge in [0.25, 0.3) is 0 Å². The normalized spacial score (nSPS) is 19.8. The van der Waals surface area contributed by atoms with Gasteiger partial charge in [0, 0.05) is 25.1 Å². The first-order chi connectivity index (χ1) is 11.1. The molecule has 1 saturated heterocycles. The van der Waals surface area contributed by atoms with E-state index < -0.39 is 0 Å². The lowest BCUT2D eigenvalue weighted by Gasteiger charge is -2.27. The molecule has 1 unspecified atom stereocenters. The van der Waals surface area contributed by atoms with Crippen LogP contribution in [0.15, 0.2) is 30.7 Å². The Morgan fingerprint density at radius 1 is 1.48 bits per heavy atom. The smallest absolute Gasteiger partial charge is 0.237 e. The summed E-state index contributed by atoms with van der Waals surface area (Å²) in [4.78, 5) is 29.9. The van der Waals surface area contributed by atoms with Crippen molar-refractivity contribution in [3.63, 3.8) is 0 Å². The van der Waals surface area contributed by atoms with Gasteiger partial charge < -0.3 is 15.5 Å². The molecule has 0 radical (unpaired) electrons. The number of aromatic nitrogens is 2. The summed E-state index contributed by atoms with van der Waals surface area (Å²) in [5.41, 5.74) is 7.27. The SMILES string of the molecule is CC(C(=O)NCc1ccc2nccn2c1)N1CCC[C@H]1C(N)=O. The van der Waals surface area contributed by atoms with Crippen molar-refractivity contribution < 1.29 is 9.59 Å². The fraction of sp³-hybridized carbons (Fsp3) is 0.438. The van der Waals surface area contributed by atoms with Crippen LogP contribution in [0.3, 0.4) is 0 Å². The lowest BCUT2D eigenvalue weighted by atomic mass is 10.1. The fourth-order valence-electron chi connectivity index (χ4n) is 3.12. The molecule has 3 N–H and O–H groups in total. The molecule has 2 aromatic heterocycles. The van der Waals surface area contributed by atoms with Gasteiger partial charge in [0.05, 0.1) is 12.1 Å². The molecule has 0 bridgehead atoms. The van der Waals surface area contributed by atoms with E-state index in [0.717, 1.165) is 30.6 Å². The van der Waals surface area contributed by atoms with Crippen molar-refractivity contribution in [2.75, 3.05) is 6.54 Å². The highest BCUT2D eigenvalue weighted by molar-refractivity contribution is 5.84. The molecule has 3 heterocycles. The average Bonchev–Trinajstić information content (AvgIpc) is 3.19. The van der Waals surface area contributed by atoms with Gasteiger partial charge in [0.1, 0.15) is 5.65 Å². The van der Waals surface area contributed by atoms with Gasteiger partial charge in [-0.25, -0.2) is 4.98 Å². The number of nitrogens with zero attached hydrogens (tertiary/aromatic N) is 3. The number of carbonyl (C=O) groups excluding carboxylic acids is 2. The third-order valence-corrected chi connectivity index (χ3v) is 4.42. The second-order valence-corrected chi connectivity index (χ2v) is 5.92. The van der Waals surface area contributed by atoms with Gasteiger partial charge in [-0.15, -0.1) is 0 Å². The highest BCUT2D eigenvalue weighted by Crippen LogP contribution is 2.19. The van der Waals surface area contributed by atoms with Crippen LogP contribution in [-0.2, 0) is 16.1 Å². The summed E-state index contributed by atoms with van der Waals surface area (Å²) in [7, 11) is 0. The van der Waals surface area contributed by atoms with Crippen LogP contribution < -0.4 is 11.1 Å². The van der Waals surface area contributed by atoms with E-state index in [2.05, 4.69) is 10.3 Å². The molecule has 1 aliphatic heterocycles. The lowest BCUT2D eigenvalue weighted by Crippen LogP contribution is -2.50. The van der Waals surface area contributed by atoms with Crippen LogP contribution in [0, 0.1) is 0 Å². The molecule has 0 saturated carbocycles. The van der Waals surface area contributed by atoms with Crippen LogP contribution >= 0.6 is 0 Å². The molecule has 0 aliphatic carbocycles. The maximum Gasteiger partial charge on any atom is 0.237 e. The standard InChI is InChI=1S/C16H21N5O2/c1-11(21-7-2-3-13(21)15(17)22)16(23)19-9-12-4-5-14-18-6-8-20(14)10-12/h4-6,8,10-11,13H,2-3,7,9H2,1H3,(H2,17,22)(H,19,23)/t11?,13-/m0/s1. The zero-order chi connectivity index (χ0) is 16.4. The van der Waals surface area contributed by atoms with Crippen LogP contribution in [0.5, 0.6) is 0 Å². The number of carbonyl (C=O) groups is 2. The van der Waals surface area contributed by atoms with Gasteiger partial charge >= 0.3 is 0 Å². The molecule has 2 atom stereocenters. The lowest BCUT2D eigenvalue weighted by molar-refractivity contribution is -0.129. The highest BCUT2D eigenvalue weighted by Gasteiger charge is 2.34. The number of primary amides is 1. The third-order valence-electron chi connectivity index (χ3n) is 4.42. The summed E-state index contributed by atoms with van der Waals surface area (Å²) in [5.74, 6) is -0.448.